The molecular weight excluding hydrogens is 126 g/mol. The summed E-state index contributed by atoms with van der Waals surface area (Å²) in [6, 6.07) is 3.78. The van der Waals surface area contributed by atoms with Crippen molar-refractivity contribution >= 4 is 5.57 Å². The van der Waals surface area contributed by atoms with Crippen LogP contribution in [0, 0.1) is 0 Å². The second-order valence-corrected chi connectivity index (χ2v) is 2.03. The highest BCUT2D eigenvalue weighted by Gasteiger charge is 2.03. The van der Waals surface area contributed by atoms with Gasteiger partial charge in [-0.25, -0.2) is 0 Å². The molecule has 1 aliphatic rings. The first-order valence-electron chi connectivity index (χ1n) is 3.07. The largest absolute Gasteiger partial charge is 0.464 e. The van der Waals surface area contributed by atoms with E-state index in [0.717, 1.165) is 11.3 Å². The van der Waals surface area contributed by atoms with Crippen molar-refractivity contribution in [3.63, 3.8) is 0 Å². The maximum absolute atomic E-state index is 5.14. The van der Waals surface area contributed by atoms with Crippen LogP contribution in [0.4, 0.5) is 0 Å². The summed E-state index contributed by atoms with van der Waals surface area (Å²) in [7, 11) is 0. The molecule has 49 valence electrons. The fraction of sp³-hybridized carbons (Fsp3) is 0. The van der Waals surface area contributed by atoms with Crippen LogP contribution in [-0.2, 0) is 0 Å². The summed E-state index contributed by atoms with van der Waals surface area (Å²) in [4.78, 5) is 0. The molecule has 2 nitrogen and oxygen atoms in total. The maximum atomic E-state index is 5.14. The van der Waals surface area contributed by atoms with Crippen LogP contribution in [0.1, 0.15) is 5.76 Å². The lowest BCUT2D eigenvalue weighted by atomic mass is 10.2. The van der Waals surface area contributed by atoms with Gasteiger partial charge in [-0.15, -0.1) is 0 Å². The van der Waals surface area contributed by atoms with E-state index in [1.807, 2.05) is 18.2 Å². The molecule has 0 amide bonds. The lowest BCUT2D eigenvalue weighted by molar-refractivity contribution is 0.554. The Morgan fingerprint density at radius 3 is 3.00 bits per heavy atom. The molecule has 0 saturated heterocycles. The molecule has 0 aromatic carbocycles. The van der Waals surface area contributed by atoms with E-state index >= 15 is 0 Å². The minimum absolute atomic E-state index is 0.873. The van der Waals surface area contributed by atoms with E-state index in [2.05, 4.69) is 5.32 Å². The topological polar surface area (TPSA) is 27.2 Å². The minimum Gasteiger partial charge on any atom is -0.464 e. The Morgan fingerprint density at radius 2 is 2.40 bits per heavy atom. The van der Waals surface area contributed by atoms with Crippen molar-refractivity contribution in [3.05, 3.63) is 42.6 Å². The molecule has 0 N–H and O–H groups in total. The van der Waals surface area contributed by atoms with E-state index in [1.165, 1.54) is 0 Å². The summed E-state index contributed by atoms with van der Waals surface area (Å²) < 4.78 is 5.14. The summed E-state index contributed by atoms with van der Waals surface area (Å²) in [6.45, 7) is 0. The quantitative estimate of drug-likeness (QED) is 0.572. The van der Waals surface area contributed by atoms with Gasteiger partial charge in [-0.3, -0.25) is 5.32 Å². The molecule has 1 aliphatic heterocycles. The van der Waals surface area contributed by atoms with Crippen LogP contribution in [0.25, 0.3) is 5.57 Å². The second-order valence-electron chi connectivity index (χ2n) is 2.03. The van der Waals surface area contributed by atoms with Crippen molar-refractivity contribution < 1.29 is 4.42 Å². The first-order chi connectivity index (χ1) is 4.97. The van der Waals surface area contributed by atoms with Gasteiger partial charge in [0, 0.05) is 18.0 Å². The Morgan fingerprint density at radius 1 is 1.40 bits per heavy atom. The fourth-order valence-electron chi connectivity index (χ4n) is 0.878. The van der Waals surface area contributed by atoms with Crippen LogP contribution < -0.4 is 5.32 Å². The molecule has 0 atom stereocenters. The Bertz CT molecular complexity index is 269. The highest BCUT2D eigenvalue weighted by Crippen LogP contribution is 2.17. The second kappa shape index (κ2) is 2.06. The van der Waals surface area contributed by atoms with E-state index in [9.17, 15) is 0 Å². The van der Waals surface area contributed by atoms with Crippen LogP contribution in [0.2, 0.25) is 0 Å². The van der Waals surface area contributed by atoms with Crippen molar-refractivity contribution in [2.24, 2.45) is 0 Å². The third-order valence-corrected chi connectivity index (χ3v) is 1.36. The zero-order valence-corrected chi connectivity index (χ0v) is 5.32. The van der Waals surface area contributed by atoms with Crippen molar-refractivity contribution in [2.45, 2.75) is 0 Å². The van der Waals surface area contributed by atoms with Gasteiger partial charge in [0.05, 0.1) is 6.26 Å². The standard InChI is InChI=1S/C8H6NO/c1-2-8(10-5-1)7-3-4-9-6-7/h1-6H. The lowest BCUT2D eigenvalue weighted by Crippen LogP contribution is -1.74. The molecule has 0 saturated carbocycles. The van der Waals surface area contributed by atoms with Crippen molar-refractivity contribution in [2.75, 3.05) is 0 Å². The number of hydrogen-bond acceptors (Lipinski definition) is 1. The van der Waals surface area contributed by atoms with Crippen molar-refractivity contribution in [3.8, 4) is 0 Å². The van der Waals surface area contributed by atoms with Gasteiger partial charge in [0.2, 0.25) is 0 Å². The summed E-state index contributed by atoms with van der Waals surface area (Å²) in [6.07, 6.45) is 7.10. The molecule has 2 heteroatoms. The third-order valence-electron chi connectivity index (χ3n) is 1.36. The average molecular weight is 132 g/mol. The van der Waals surface area contributed by atoms with Gasteiger partial charge < -0.3 is 4.42 Å². The van der Waals surface area contributed by atoms with Gasteiger partial charge in [-0.1, -0.05) is 0 Å². The van der Waals surface area contributed by atoms with Gasteiger partial charge in [-0.05, 0) is 18.2 Å². The van der Waals surface area contributed by atoms with Crippen LogP contribution in [0.5, 0.6) is 0 Å². The highest BCUT2D eigenvalue weighted by molar-refractivity contribution is 5.72. The number of hydrogen-bond donors (Lipinski definition) is 0. The molecule has 2 rings (SSSR count). The summed E-state index contributed by atoms with van der Waals surface area (Å²) >= 11 is 0. The monoisotopic (exact) mass is 132 g/mol. The Balaban J connectivity index is 2.36. The molecule has 1 radical (unpaired) electrons. The number of rotatable bonds is 1. The zero-order valence-electron chi connectivity index (χ0n) is 5.32. The smallest absolute Gasteiger partial charge is 0.135 e. The molecule has 0 spiro atoms. The molecular formula is C8H6NO. The van der Waals surface area contributed by atoms with E-state index in [1.54, 1.807) is 18.7 Å². The molecule has 0 bridgehead atoms. The van der Waals surface area contributed by atoms with Gasteiger partial charge >= 0.3 is 0 Å². The van der Waals surface area contributed by atoms with Crippen molar-refractivity contribution in [1.82, 2.24) is 5.32 Å². The SMILES string of the molecule is C1=CC(c2ccco2)=C[N]1. The number of allylic oxidation sites excluding steroid dienone is 2. The van der Waals surface area contributed by atoms with Gasteiger partial charge in [0.1, 0.15) is 5.76 Å². The average Bonchev–Trinajstić information content (AvgIpc) is 2.59. The molecule has 10 heavy (non-hydrogen) atoms. The minimum atomic E-state index is 0.873. The number of nitrogens with zero attached hydrogens (tertiary/aromatic N) is 1. The van der Waals surface area contributed by atoms with Gasteiger partial charge in [0.25, 0.3) is 0 Å². The van der Waals surface area contributed by atoms with Crippen LogP contribution >= 0.6 is 0 Å². The molecule has 0 aliphatic carbocycles. The van der Waals surface area contributed by atoms with Gasteiger partial charge in [-0.2, -0.15) is 0 Å². The van der Waals surface area contributed by atoms with Crippen molar-refractivity contribution in [1.29, 1.82) is 0 Å². The van der Waals surface area contributed by atoms with Crippen LogP contribution in [0.15, 0.2) is 41.3 Å². The molecule has 0 fully saturated rings. The van der Waals surface area contributed by atoms with E-state index < -0.39 is 0 Å². The Hall–Kier alpha value is -1.44. The van der Waals surface area contributed by atoms with E-state index in [-0.39, 0.29) is 0 Å². The van der Waals surface area contributed by atoms with Gasteiger partial charge in [0.15, 0.2) is 0 Å². The third kappa shape index (κ3) is 0.739. The first kappa shape index (κ1) is 5.35. The normalized spacial score (nSPS) is 15.0. The van der Waals surface area contributed by atoms with Crippen LogP contribution in [-0.4, -0.2) is 0 Å². The zero-order chi connectivity index (χ0) is 6.81. The Labute approximate surface area is 58.9 Å². The molecule has 0 unspecified atom stereocenters. The summed E-state index contributed by atoms with van der Waals surface area (Å²) in [5.74, 6) is 0.873. The maximum Gasteiger partial charge on any atom is 0.135 e. The first-order valence-corrected chi connectivity index (χ1v) is 3.07. The summed E-state index contributed by atoms with van der Waals surface area (Å²) in [5, 5.41) is 3.92. The molecule has 2 heterocycles. The highest BCUT2D eigenvalue weighted by atomic mass is 16.3. The summed E-state index contributed by atoms with van der Waals surface area (Å²) in [5.41, 5.74) is 1.03. The molecule has 1 aromatic rings. The number of furan rings is 1. The van der Waals surface area contributed by atoms with Crippen LogP contribution in [0.3, 0.4) is 0 Å². The van der Waals surface area contributed by atoms with E-state index in [4.69, 9.17) is 4.42 Å². The predicted octanol–water partition coefficient (Wildman–Crippen LogP) is 1.75. The Kier molecular flexibility index (Phi) is 1.10. The van der Waals surface area contributed by atoms with E-state index in [0.29, 0.717) is 0 Å². The lowest BCUT2D eigenvalue weighted by Gasteiger charge is -1.87. The molecule has 1 aromatic heterocycles. The predicted molar refractivity (Wildman–Crippen MR) is 38.0 cm³/mol. The fourth-order valence-corrected chi connectivity index (χ4v) is 0.878.